The Balaban J connectivity index is 1.58. The van der Waals surface area contributed by atoms with E-state index < -0.39 is 0 Å². The van der Waals surface area contributed by atoms with Crippen molar-refractivity contribution in [2.45, 2.75) is 111 Å². The van der Waals surface area contributed by atoms with Crippen molar-refractivity contribution < 1.29 is 9.90 Å². The Bertz CT molecular complexity index is 676. The third-order valence-electron chi connectivity index (χ3n) is 10.0. The number of ketones is 1. The molecular weight excluding hydrogens is 356 g/mol. The molecule has 0 bridgehead atoms. The summed E-state index contributed by atoms with van der Waals surface area (Å²) in [5.74, 6) is 3.67. The number of carbonyl (C=O) groups is 1. The number of hydrogen-bond acceptors (Lipinski definition) is 2. The van der Waals surface area contributed by atoms with Crippen molar-refractivity contribution in [1.82, 2.24) is 0 Å². The maximum Gasteiger partial charge on any atom is 0.159 e. The zero-order valence-corrected chi connectivity index (χ0v) is 19.6. The van der Waals surface area contributed by atoms with Crippen LogP contribution in [-0.4, -0.2) is 17.0 Å². The van der Waals surface area contributed by atoms with Crippen molar-refractivity contribution in [3.63, 3.8) is 0 Å². The van der Waals surface area contributed by atoms with E-state index in [0.29, 0.717) is 29.5 Å². The SMILES string of the molecule is CC(C)CCC[C@@H](C)[C@H]1CC[C@H]2C3=C(CC[C@]12C)[C@@]1(C)CC[C@@H](O)C[C@@H]1CC3=O. The Morgan fingerprint density at radius 3 is 2.55 bits per heavy atom. The van der Waals surface area contributed by atoms with Gasteiger partial charge in [0, 0.05) is 6.42 Å². The molecule has 0 spiro atoms. The van der Waals surface area contributed by atoms with E-state index >= 15 is 0 Å². The molecular formula is C27H44O2. The van der Waals surface area contributed by atoms with Gasteiger partial charge in [0.15, 0.2) is 5.78 Å². The summed E-state index contributed by atoms with van der Waals surface area (Å²) in [6.45, 7) is 12.1. The number of aliphatic hydroxyl groups is 1. The standard InChI is InChI=1S/C27H44O2/c1-17(2)7-6-8-18(3)21-9-10-22-25-23(12-14-27(21,22)5)26(4)13-11-20(28)15-19(26)16-24(25)29/h17-22,28H,6-16H2,1-5H3/t18-,19-,20-,21-,22+,26+,27-/m1/s1. The molecule has 1 N–H and O–H groups in total. The first kappa shape index (κ1) is 21.6. The number of allylic oxidation sites excluding steroid dienone is 2. The molecule has 2 fully saturated rings. The highest BCUT2D eigenvalue weighted by Gasteiger charge is 2.57. The van der Waals surface area contributed by atoms with Gasteiger partial charge in [-0.1, -0.05) is 59.5 Å². The zero-order valence-electron chi connectivity index (χ0n) is 19.6. The number of carbonyl (C=O) groups excluding carboxylic acids is 1. The predicted octanol–water partition coefficient (Wildman–Crippen LogP) is 6.71. The van der Waals surface area contributed by atoms with Gasteiger partial charge >= 0.3 is 0 Å². The van der Waals surface area contributed by atoms with Crippen LogP contribution in [0.5, 0.6) is 0 Å². The summed E-state index contributed by atoms with van der Waals surface area (Å²) >= 11 is 0. The van der Waals surface area contributed by atoms with Crippen LogP contribution in [0.15, 0.2) is 11.1 Å². The normalized spacial score (nSPS) is 43.2. The molecule has 0 aliphatic heterocycles. The van der Waals surface area contributed by atoms with E-state index in [1.807, 2.05) is 0 Å². The van der Waals surface area contributed by atoms with Crippen molar-refractivity contribution in [2.75, 3.05) is 0 Å². The van der Waals surface area contributed by atoms with Crippen molar-refractivity contribution >= 4 is 5.78 Å². The molecule has 164 valence electrons. The molecule has 0 heterocycles. The first-order valence-electron chi connectivity index (χ1n) is 12.6. The highest BCUT2D eigenvalue weighted by Crippen LogP contribution is 2.65. The summed E-state index contributed by atoms with van der Waals surface area (Å²) in [5.41, 5.74) is 3.31. The number of fused-ring (bicyclic) bond motifs is 4. The second-order valence-corrected chi connectivity index (χ2v) is 12.1. The summed E-state index contributed by atoms with van der Waals surface area (Å²) in [6.07, 6.45) is 12.3. The van der Waals surface area contributed by atoms with Crippen LogP contribution in [0.25, 0.3) is 0 Å². The fraction of sp³-hybridized carbons (Fsp3) is 0.889. The molecule has 4 aliphatic carbocycles. The van der Waals surface area contributed by atoms with E-state index in [1.54, 1.807) is 0 Å². The molecule has 2 saturated carbocycles. The van der Waals surface area contributed by atoms with Gasteiger partial charge in [0.2, 0.25) is 0 Å². The Morgan fingerprint density at radius 1 is 1.07 bits per heavy atom. The summed E-state index contributed by atoms with van der Waals surface area (Å²) < 4.78 is 0. The number of hydrogen-bond donors (Lipinski definition) is 1. The largest absolute Gasteiger partial charge is 0.393 e. The van der Waals surface area contributed by atoms with Crippen LogP contribution >= 0.6 is 0 Å². The summed E-state index contributed by atoms with van der Waals surface area (Å²) in [5, 5.41) is 10.2. The molecule has 7 atom stereocenters. The summed E-state index contributed by atoms with van der Waals surface area (Å²) in [4.78, 5) is 13.4. The van der Waals surface area contributed by atoms with E-state index in [0.717, 1.165) is 43.4 Å². The molecule has 0 aromatic heterocycles. The van der Waals surface area contributed by atoms with Crippen LogP contribution in [0, 0.1) is 40.4 Å². The third-order valence-corrected chi connectivity index (χ3v) is 10.0. The average molecular weight is 401 g/mol. The summed E-state index contributed by atoms with van der Waals surface area (Å²) in [7, 11) is 0. The minimum Gasteiger partial charge on any atom is -0.393 e. The lowest BCUT2D eigenvalue weighted by Gasteiger charge is -2.54. The van der Waals surface area contributed by atoms with E-state index in [-0.39, 0.29) is 11.5 Å². The van der Waals surface area contributed by atoms with Gasteiger partial charge < -0.3 is 5.11 Å². The second-order valence-electron chi connectivity index (χ2n) is 12.1. The van der Waals surface area contributed by atoms with Gasteiger partial charge in [-0.15, -0.1) is 0 Å². The van der Waals surface area contributed by atoms with Crippen molar-refractivity contribution in [3.05, 3.63) is 11.1 Å². The quantitative estimate of drug-likeness (QED) is 0.556. The number of rotatable bonds is 5. The second kappa shape index (κ2) is 7.81. The van der Waals surface area contributed by atoms with Crippen LogP contribution in [-0.2, 0) is 4.79 Å². The van der Waals surface area contributed by atoms with E-state index in [4.69, 9.17) is 0 Å². The highest BCUT2D eigenvalue weighted by molar-refractivity contribution is 5.98. The van der Waals surface area contributed by atoms with Gasteiger partial charge in [0.25, 0.3) is 0 Å². The fourth-order valence-electron chi connectivity index (χ4n) is 8.19. The molecule has 0 unspecified atom stereocenters. The minimum absolute atomic E-state index is 0.171. The Hall–Kier alpha value is -0.630. The third kappa shape index (κ3) is 3.56. The van der Waals surface area contributed by atoms with Crippen LogP contribution in [0.1, 0.15) is 105 Å². The molecule has 2 heteroatoms. The zero-order chi connectivity index (χ0) is 21.0. The van der Waals surface area contributed by atoms with Crippen LogP contribution in [0.2, 0.25) is 0 Å². The number of Topliss-reactive ketones (excluding diaryl/α,β-unsaturated/α-hetero) is 1. The van der Waals surface area contributed by atoms with Crippen molar-refractivity contribution in [3.8, 4) is 0 Å². The molecule has 0 saturated heterocycles. The maximum atomic E-state index is 13.4. The molecule has 4 aliphatic rings. The van der Waals surface area contributed by atoms with E-state index in [2.05, 4.69) is 34.6 Å². The van der Waals surface area contributed by atoms with Gasteiger partial charge in [-0.2, -0.15) is 0 Å². The van der Waals surface area contributed by atoms with Gasteiger partial charge in [0.1, 0.15) is 0 Å². The molecule has 0 aromatic rings. The fourth-order valence-corrected chi connectivity index (χ4v) is 8.19. The highest BCUT2D eigenvalue weighted by atomic mass is 16.3. The molecule has 0 radical (unpaired) electrons. The van der Waals surface area contributed by atoms with Crippen molar-refractivity contribution in [1.29, 1.82) is 0 Å². The molecule has 29 heavy (non-hydrogen) atoms. The van der Waals surface area contributed by atoms with E-state index in [1.165, 1.54) is 49.7 Å². The number of aliphatic hydroxyl groups excluding tert-OH is 1. The van der Waals surface area contributed by atoms with Gasteiger partial charge in [-0.3, -0.25) is 4.79 Å². The molecule has 4 rings (SSSR count). The van der Waals surface area contributed by atoms with Gasteiger partial charge in [0.05, 0.1) is 6.10 Å². The van der Waals surface area contributed by atoms with Crippen molar-refractivity contribution in [2.24, 2.45) is 40.4 Å². The molecule has 0 amide bonds. The lowest BCUT2D eigenvalue weighted by molar-refractivity contribution is -0.121. The first-order valence-corrected chi connectivity index (χ1v) is 12.6. The predicted molar refractivity (Wildman–Crippen MR) is 120 cm³/mol. The van der Waals surface area contributed by atoms with Crippen LogP contribution in [0.3, 0.4) is 0 Å². The summed E-state index contributed by atoms with van der Waals surface area (Å²) in [6, 6.07) is 0. The monoisotopic (exact) mass is 400 g/mol. The van der Waals surface area contributed by atoms with Gasteiger partial charge in [-0.25, -0.2) is 0 Å². The van der Waals surface area contributed by atoms with E-state index in [9.17, 15) is 9.90 Å². The first-order chi connectivity index (χ1) is 13.7. The topological polar surface area (TPSA) is 37.3 Å². The lowest BCUT2D eigenvalue weighted by Crippen LogP contribution is -2.48. The van der Waals surface area contributed by atoms with Crippen LogP contribution in [0.4, 0.5) is 0 Å². The smallest absolute Gasteiger partial charge is 0.159 e. The average Bonchev–Trinajstić information content (AvgIpc) is 3.00. The Kier molecular flexibility index (Phi) is 5.82. The van der Waals surface area contributed by atoms with Crippen LogP contribution < -0.4 is 0 Å². The Labute approximate surface area is 178 Å². The molecule has 0 aromatic carbocycles. The molecule has 2 nitrogen and oxygen atoms in total. The minimum atomic E-state index is -0.195. The maximum absolute atomic E-state index is 13.4. The Morgan fingerprint density at radius 2 is 1.83 bits per heavy atom. The van der Waals surface area contributed by atoms with Gasteiger partial charge in [-0.05, 0) is 90.9 Å². The lowest BCUT2D eigenvalue weighted by atomic mass is 9.50.